The van der Waals surface area contributed by atoms with Crippen molar-refractivity contribution in [3.8, 4) is 0 Å². The van der Waals surface area contributed by atoms with Gasteiger partial charge in [0.05, 0.1) is 6.54 Å². The number of nitrogens with one attached hydrogen (secondary N) is 2. The van der Waals surface area contributed by atoms with E-state index in [9.17, 15) is 14.0 Å². The molecule has 2 amide bonds. The normalized spacial score (nSPS) is 19.8. The van der Waals surface area contributed by atoms with Gasteiger partial charge in [0.1, 0.15) is 5.82 Å². The van der Waals surface area contributed by atoms with Crippen molar-refractivity contribution < 1.29 is 14.0 Å². The lowest BCUT2D eigenvalue weighted by molar-refractivity contribution is -0.147. The maximum atomic E-state index is 13.4. The van der Waals surface area contributed by atoms with E-state index in [0.29, 0.717) is 38.3 Å². The summed E-state index contributed by atoms with van der Waals surface area (Å²) in [7, 11) is 0. The molecule has 0 saturated carbocycles. The summed E-state index contributed by atoms with van der Waals surface area (Å²) in [6.07, 6.45) is 3.57. The minimum Gasteiger partial charge on any atom is -0.369 e. The standard InChI is InChI=1S/C22H32FN5O2.HI/c1-3-24-22(25-11-13-28-20(29)7-4-8-21(28)30)26-18-6-5-12-27(15-18)19-10-9-17(23)14-16(19)2;/h9-10,14,18H,3-8,11-13,15H2,1-2H3,(H2,24,25,26);1H. The number of hydrogen-bond donors (Lipinski definition) is 2. The minimum atomic E-state index is -0.213. The number of likely N-dealkylation sites (tertiary alicyclic amines) is 1. The van der Waals surface area contributed by atoms with Gasteiger partial charge in [-0.2, -0.15) is 0 Å². The molecule has 2 fully saturated rings. The van der Waals surface area contributed by atoms with Crippen LogP contribution in [0.25, 0.3) is 0 Å². The molecular weight excluding hydrogens is 512 g/mol. The van der Waals surface area contributed by atoms with Crippen LogP contribution in [-0.2, 0) is 9.59 Å². The van der Waals surface area contributed by atoms with Gasteiger partial charge >= 0.3 is 0 Å². The number of guanidine groups is 1. The zero-order chi connectivity index (χ0) is 21.5. The Bertz CT molecular complexity index is 788. The molecule has 2 N–H and O–H groups in total. The van der Waals surface area contributed by atoms with Crippen molar-refractivity contribution in [2.45, 2.75) is 52.0 Å². The van der Waals surface area contributed by atoms with Gasteiger partial charge in [0.2, 0.25) is 11.8 Å². The van der Waals surface area contributed by atoms with Crippen molar-refractivity contribution in [2.75, 3.05) is 37.6 Å². The predicted octanol–water partition coefficient (Wildman–Crippen LogP) is 2.82. The lowest BCUT2D eigenvalue weighted by atomic mass is 10.0. The van der Waals surface area contributed by atoms with Gasteiger partial charge in [-0.25, -0.2) is 4.39 Å². The highest BCUT2D eigenvalue weighted by atomic mass is 127. The van der Waals surface area contributed by atoms with Crippen LogP contribution in [0.3, 0.4) is 0 Å². The maximum Gasteiger partial charge on any atom is 0.229 e. The number of carbonyl (C=O) groups excluding carboxylic acids is 2. The fourth-order valence-corrected chi connectivity index (χ4v) is 4.11. The molecule has 0 aliphatic carbocycles. The number of aryl methyl sites for hydroxylation is 1. The number of aliphatic imine (C=N–C) groups is 1. The Balaban J connectivity index is 0.00000341. The molecule has 0 bridgehead atoms. The van der Waals surface area contributed by atoms with E-state index in [1.807, 2.05) is 19.9 Å². The average molecular weight is 545 g/mol. The van der Waals surface area contributed by atoms with E-state index in [0.717, 1.165) is 43.7 Å². The molecule has 31 heavy (non-hydrogen) atoms. The van der Waals surface area contributed by atoms with Crippen LogP contribution < -0.4 is 15.5 Å². The van der Waals surface area contributed by atoms with Gasteiger partial charge in [-0.15, -0.1) is 24.0 Å². The molecule has 1 unspecified atom stereocenters. The van der Waals surface area contributed by atoms with E-state index in [2.05, 4.69) is 20.5 Å². The number of amides is 2. The topological polar surface area (TPSA) is 77.0 Å². The average Bonchev–Trinajstić information content (AvgIpc) is 2.70. The molecule has 1 atom stereocenters. The molecule has 1 aromatic carbocycles. The number of imide groups is 1. The fourth-order valence-electron chi connectivity index (χ4n) is 4.11. The van der Waals surface area contributed by atoms with Crippen molar-refractivity contribution in [3.63, 3.8) is 0 Å². The van der Waals surface area contributed by atoms with Crippen LogP contribution in [0.1, 0.15) is 44.6 Å². The first kappa shape index (κ1) is 25.4. The molecule has 2 saturated heterocycles. The summed E-state index contributed by atoms with van der Waals surface area (Å²) in [5.74, 6) is 0.279. The first-order valence-corrected chi connectivity index (χ1v) is 10.9. The van der Waals surface area contributed by atoms with Crippen LogP contribution in [-0.4, -0.2) is 61.4 Å². The molecule has 9 heteroatoms. The van der Waals surface area contributed by atoms with E-state index in [4.69, 9.17) is 0 Å². The largest absolute Gasteiger partial charge is 0.369 e. The van der Waals surface area contributed by atoms with Crippen LogP contribution in [0, 0.1) is 12.7 Å². The molecule has 1 aromatic rings. The van der Waals surface area contributed by atoms with Crippen molar-refractivity contribution in [2.24, 2.45) is 4.99 Å². The summed E-state index contributed by atoms with van der Waals surface area (Å²) in [4.78, 5) is 32.1. The number of carbonyl (C=O) groups is 2. The fraction of sp³-hybridized carbons (Fsp3) is 0.591. The third-order valence-corrected chi connectivity index (χ3v) is 5.58. The number of anilines is 1. The van der Waals surface area contributed by atoms with Crippen molar-refractivity contribution >= 4 is 47.4 Å². The summed E-state index contributed by atoms with van der Waals surface area (Å²) in [5.41, 5.74) is 2.00. The second-order valence-corrected chi connectivity index (χ2v) is 7.91. The van der Waals surface area contributed by atoms with Crippen LogP contribution >= 0.6 is 24.0 Å². The third-order valence-electron chi connectivity index (χ3n) is 5.58. The van der Waals surface area contributed by atoms with Gasteiger partial charge in [0, 0.05) is 50.7 Å². The summed E-state index contributed by atoms with van der Waals surface area (Å²) < 4.78 is 13.4. The molecule has 172 valence electrons. The van der Waals surface area contributed by atoms with Crippen molar-refractivity contribution in [1.82, 2.24) is 15.5 Å². The van der Waals surface area contributed by atoms with Gasteiger partial charge in [0.25, 0.3) is 0 Å². The SMILES string of the molecule is CCNC(=NCCN1C(=O)CCCC1=O)NC1CCCN(c2ccc(F)cc2C)C1.I. The molecule has 2 aliphatic heterocycles. The van der Waals surface area contributed by atoms with Gasteiger partial charge in [-0.05, 0) is 56.9 Å². The van der Waals surface area contributed by atoms with E-state index >= 15 is 0 Å². The predicted molar refractivity (Wildman–Crippen MR) is 131 cm³/mol. The smallest absolute Gasteiger partial charge is 0.229 e. The van der Waals surface area contributed by atoms with Crippen LogP contribution in [0.5, 0.6) is 0 Å². The van der Waals surface area contributed by atoms with Crippen molar-refractivity contribution in [3.05, 3.63) is 29.6 Å². The van der Waals surface area contributed by atoms with E-state index in [1.54, 1.807) is 6.07 Å². The van der Waals surface area contributed by atoms with E-state index in [1.165, 1.54) is 11.0 Å². The van der Waals surface area contributed by atoms with Gasteiger partial charge in [0.15, 0.2) is 5.96 Å². The zero-order valence-corrected chi connectivity index (χ0v) is 20.7. The second-order valence-electron chi connectivity index (χ2n) is 7.91. The van der Waals surface area contributed by atoms with Crippen LogP contribution in [0.15, 0.2) is 23.2 Å². The molecule has 0 radical (unpaired) electrons. The molecule has 2 heterocycles. The molecular formula is C22H33FIN5O2. The Labute approximate surface area is 200 Å². The molecule has 7 nitrogen and oxygen atoms in total. The second kappa shape index (κ2) is 12.2. The zero-order valence-electron chi connectivity index (χ0n) is 18.3. The monoisotopic (exact) mass is 545 g/mol. The lowest BCUT2D eigenvalue weighted by Gasteiger charge is -2.36. The van der Waals surface area contributed by atoms with E-state index in [-0.39, 0.29) is 47.7 Å². The number of nitrogens with zero attached hydrogens (tertiary/aromatic N) is 3. The Morgan fingerprint density at radius 3 is 2.65 bits per heavy atom. The van der Waals surface area contributed by atoms with Gasteiger partial charge in [-0.3, -0.25) is 19.5 Å². The maximum absolute atomic E-state index is 13.4. The first-order chi connectivity index (χ1) is 14.5. The van der Waals surface area contributed by atoms with Crippen LogP contribution in [0.4, 0.5) is 10.1 Å². The van der Waals surface area contributed by atoms with Crippen molar-refractivity contribution in [1.29, 1.82) is 0 Å². The van der Waals surface area contributed by atoms with Crippen LogP contribution in [0.2, 0.25) is 0 Å². The molecule has 0 aromatic heterocycles. The number of rotatable bonds is 6. The summed E-state index contributed by atoms with van der Waals surface area (Å²) in [6, 6.07) is 5.13. The number of piperidine rings is 2. The molecule has 3 rings (SSSR count). The lowest BCUT2D eigenvalue weighted by Crippen LogP contribution is -2.51. The summed E-state index contributed by atoms with van der Waals surface area (Å²) in [5, 5.41) is 6.73. The van der Waals surface area contributed by atoms with E-state index < -0.39 is 0 Å². The Kier molecular flexibility index (Phi) is 9.98. The third kappa shape index (κ3) is 7.05. The first-order valence-electron chi connectivity index (χ1n) is 10.9. The van der Waals surface area contributed by atoms with Gasteiger partial charge < -0.3 is 15.5 Å². The number of benzene rings is 1. The highest BCUT2D eigenvalue weighted by Crippen LogP contribution is 2.24. The number of hydrogen-bond acceptors (Lipinski definition) is 4. The number of halogens is 2. The highest BCUT2D eigenvalue weighted by Gasteiger charge is 2.25. The molecule has 2 aliphatic rings. The Morgan fingerprint density at radius 1 is 1.23 bits per heavy atom. The Hall–Kier alpha value is -1.91. The summed E-state index contributed by atoms with van der Waals surface area (Å²) >= 11 is 0. The summed E-state index contributed by atoms with van der Waals surface area (Å²) in [6.45, 7) is 7.10. The quantitative estimate of drug-likeness (QED) is 0.249. The molecule has 0 spiro atoms. The Morgan fingerprint density at radius 2 is 1.97 bits per heavy atom. The minimum absolute atomic E-state index is 0. The highest BCUT2D eigenvalue weighted by molar-refractivity contribution is 14.0. The van der Waals surface area contributed by atoms with Gasteiger partial charge in [-0.1, -0.05) is 0 Å².